The number of nitrogens with zero attached hydrogens (tertiary/aromatic N) is 5. The van der Waals surface area contributed by atoms with Crippen LogP contribution in [-0.4, -0.2) is 50.3 Å². The number of aromatic amines is 1. The van der Waals surface area contributed by atoms with Gasteiger partial charge in [-0.3, -0.25) is 5.10 Å². The second-order valence-corrected chi connectivity index (χ2v) is 10.1. The van der Waals surface area contributed by atoms with Gasteiger partial charge in [0, 0.05) is 45.5 Å². The number of rotatable bonds is 6. The number of aromatic nitrogens is 5. The molecule has 0 fully saturated rings. The Balaban J connectivity index is 1.48. The maximum Gasteiger partial charge on any atom is 0.163 e. The molecule has 0 radical (unpaired) electrons. The predicted molar refractivity (Wildman–Crippen MR) is 141 cm³/mol. The monoisotopic (exact) mass is 467 g/mol. The summed E-state index contributed by atoms with van der Waals surface area (Å²) in [5, 5.41) is 14.0. The molecule has 0 spiro atoms. The van der Waals surface area contributed by atoms with Crippen LogP contribution in [0.5, 0.6) is 0 Å². The summed E-state index contributed by atoms with van der Waals surface area (Å²) < 4.78 is 3.46. The molecule has 0 aliphatic rings. The minimum absolute atomic E-state index is 0.720. The molecule has 0 bridgehead atoms. The van der Waals surface area contributed by atoms with Crippen molar-refractivity contribution >= 4 is 54.9 Å². The molecule has 0 amide bonds. The van der Waals surface area contributed by atoms with Gasteiger partial charge in [0.15, 0.2) is 5.82 Å². The molecule has 6 rings (SSSR count). The lowest BCUT2D eigenvalue weighted by Crippen LogP contribution is -2.18. The average molecular weight is 468 g/mol. The quantitative estimate of drug-likeness (QED) is 0.324. The molecule has 0 unspecified atom stereocenters. The topological polar surface area (TPSA) is 74.7 Å². The molecular weight excluding hydrogens is 442 g/mol. The Morgan fingerprint density at radius 1 is 1.03 bits per heavy atom. The summed E-state index contributed by atoms with van der Waals surface area (Å²) in [5.41, 5.74) is 3.92. The molecule has 34 heavy (non-hydrogen) atoms. The second kappa shape index (κ2) is 8.23. The minimum Gasteiger partial charge on any atom is -0.340 e. The first-order valence-electron chi connectivity index (χ1n) is 11.3. The van der Waals surface area contributed by atoms with Crippen LogP contribution >= 0.6 is 11.3 Å². The zero-order valence-electron chi connectivity index (χ0n) is 19.3. The third-order valence-electron chi connectivity index (χ3n) is 6.01. The molecule has 0 atom stereocenters. The lowest BCUT2D eigenvalue weighted by molar-refractivity contribution is 0.386. The number of aryl methyl sites for hydroxylation is 1. The van der Waals surface area contributed by atoms with Crippen LogP contribution in [0.4, 0.5) is 11.5 Å². The van der Waals surface area contributed by atoms with E-state index in [0.29, 0.717) is 0 Å². The summed E-state index contributed by atoms with van der Waals surface area (Å²) in [5.74, 6) is 1.52. The highest BCUT2D eigenvalue weighted by molar-refractivity contribution is 7.19. The maximum atomic E-state index is 5.02. The third-order valence-corrected chi connectivity index (χ3v) is 7.02. The molecule has 8 heteroatoms. The molecule has 4 heterocycles. The zero-order valence-corrected chi connectivity index (χ0v) is 20.1. The lowest BCUT2D eigenvalue weighted by atomic mass is 10.1. The highest BCUT2D eigenvalue weighted by Gasteiger charge is 2.15. The van der Waals surface area contributed by atoms with Crippen molar-refractivity contribution in [1.82, 2.24) is 29.6 Å². The van der Waals surface area contributed by atoms with Gasteiger partial charge >= 0.3 is 0 Å². The van der Waals surface area contributed by atoms with Gasteiger partial charge in [-0.2, -0.15) is 5.10 Å². The second-order valence-electron chi connectivity index (χ2n) is 8.85. The highest BCUT2D eigenvalue weighted by atomic mass is 32.1. The van der Waals surface area contributed by atoms with Crippen molar-refractivity contribution in [3.63, 3.8) is 0 Å². The van der Waals surface area contributed by atoms with Crippen LogP contribution in [-0.2, 0) is 6.54 Å². The minimum atomic E-state index is 0.720. The van der Waals surface area contributed by atoms with Crippen LogP contribution < -0.4 is 5.32 Å². The van der Waals surface area contributed by atoms with Gasteiger partial charge in [-0.1, -0.05) is 12.1 Å². The fourth-order valence-corrected chi connectivity index (χ4v) is 5.20. The Labute approximate surface area is 201 Å². The lowest BCUT2D eigenvalue weighted by Gasteiger charge is -2.13. The summed E-state index contributed by atoms with van der Waals surface area (Å²) in [4.78, 5) is 13.5. The standard InChI is InChI=1S/C26H25N7S/c1-16-12-17-4-5-18(14-23(17)34-16)24-29-25(28-20-6-7-22-19(13-20)15-27-31-22)21-8-9-33(26(21)30-24)11-10-32(2)3/h4-9,12-15H,10-11H2,1-3H3,(H,27,31)(H,28,29,30). The van der Waals surface area contributed by atoms with Gasteiger partial charge in [0.2, 0.25) is 0 Å². The first-order valence-corrected chi connectivity index (χ1v) is 12.1. The van der Waals surface area contributed by atoms with Gasteiger partial charge in [-0.05, 0) is 62.8 Å². The van der Waals surface area contributed by atoms with Crippen molar-refractivity contribution in [2.45, 2.75) is 13.5 Å². The number of H-pyrrole nitrogens is 1. The van der Waals surface area contributed by atoms with E-state index in [2.05, 4.69) is 88.6 Å². The number of hydrogen-bond donors (Lipinski definition) is 2. The first-order chi connectivity index (χ1) is 16.5. The summed E-state index contributed by atoms with van der Waals surface area (Å²) in [6.45, 7) is 3.93. The van der Waals surface area contributed by atoms with Crippen molar-refractivity contribution in [2.24, 2.45) is 0 Å². The van der Waals surface area contributed by atoms with E-state index in [1.54, 1.807) is 11.3 Å². The van der Waals surface area contributed by atoms with Crippen molar-refractivity contribution in [3.8, 4) is 11.4 Å². The number of hydrogen-bond acceptors (Lipinski definition) is 6. The Kier molecular flexibility index (Phi) is 5.04. The van der Waals surface area contributed by atoms with Gasteiger partial charge in [0.25, 0.3) is 0 Å². The highest BCUT2D eigenvalue weighted by Crippen LogP contribution is 2.32. The summed E-state index contributed by atoms with van der Waals surface area (Å²) in [6, 6.07) is 16.9. The van der Waals surface area contributed by atoms with E-state index in [1.807, 2.05) is 18.3 Å². The van der Waals surface area contributed by atoms with Gasteiger partial charge in [0.05, 0.1) is 17.1 Å². The van der Waals surface area contributed by atoms with E-state index >= 15 is 0 Å². The largest absolute Gasteiger partial charge is 0.340 e. The van der Waals surface area contributed by atoms with E-state index in [4.69, 9.17) is 9.97 Å². The van der Waals surface area contributed by atoms with E-state index in [-0.39, 0.29) is 0 Å². The average Bonchev–Trinajstić information content (AvgIpc) is 3.54. The maximum absolute atomic E-state index is 5.02. The smallest absolute Gasteiger partial charge is 0.163 e. The van der Waals surface area contributed by atoms with E-state index in [0.717, 1.165) is 57.9 Å². The predicted octanol–water partition coefficient (Wildman–Crippen LogP) is 5.80. The van der Waals surface area contributed by atoms with Gasteiger partial charge in [-0.25, -0.2) is 9.97 Å². The number of anilines is 2. The molecule has 0 saturated carbocycles. The molecule has 0 aliphatic carbocycles. The molecule has 7 nitrogen and oxygen atoms in total. The van der Waals surface area contributed by atoms with Gasteiger partial charge in [-0.15, -0.1) is 11.3 Å². The van der Waals surface area contributed by atoms with E-state index in [9.17, 15) is 0 Å². The Morgan fingerprint density at radius 3 is 2.82 bits per heavy atom. The normalized spacial score (nSPS) is 11.9. The van der Waals surface area contributed by atoms with Crippen LogP contribution in [0.2, 0.25) is 0 Å². The SMILES string of the molecule is Cc1cc2ccc(-c3nc(Nc4ccc5[nH]ncc5c4)c4ccn(CCN(C)C)c4n3)cc2s1. The Morgan fingerprint density at radius 2 is 1.94 bits per heavy atom. The molecule has 0 saturated heterocycles. The van der Waals surface area contributed by atoms with Crippen LogP contribution in [0.15, 0.2) is 60.9 Å². The summed E-state index contributed by atoms with van der Waals surface area (Å²) in [7, 11) is 4.17. The van der Waals surface area contributed by atoms with Crippen LogP contribution in [0, 0.1) is 6.92 Å². The molecule has 6 aromatic rings. The number of nitrogens with one attached hydrogen (secondary N) is 2. The Bertz CT molecular complexity index is 1640. The number of thiophene rings is 1. The number of fused-ring (bicyclic) bond motifs is 3. The molecule has 170 valence electrons. The van der Waals surface area contributed by atoms with Crippen LogP contribution in [0.3, 0.4) is 0 Å². The molecular formula is C26H25N7S. The zero-order chi connectivity index (χ0) is 23.2. The van der Waals surface area contributed by atoms with Crippen molar-refractivity contribution in [3.05, 3.63) is 65.8 Å². The van der Waals surface area contributed by atoms with Crippen LogP contribution in [0.25, 0.3) is 43.4 Å². The summed E-state index contributed by atoms with van der Waals surface area (Å²) >= 11 is 1.80. The van der Waals surface area contributed by atoms with Crippen molar-refractivity contribution < 1.29 is 0 Å². The number of benzene rings is 2. The molecule has 2 aromatic carbocycles. The summed E-state index contributed by atoms with van der Waals surface area (Å²) in [6.07, 6.45) is 3.93. The molecule has 0 aliphatic heterocycles. The van der Waals surface area contributed by atoms with Gasteiger partial charge in [0.1, 0.15) is 11.5 Å². The van der Waals surface area contributed by atoms with E-state index in [1.165, 1.54) is 15.0 Å². The number of likely N-dealkylation sites (N-methyl/N-ethyl adjacent to an activating group) is 1. The first kappa shape index (κ1) is 20.8. The molecule has 2 N–H and O–H groups in total. The fourth-order valence-electron chi connectivity index (χ4n) is 4.24. The fraction of sp³-hybridized carbons (Fsp3) is 0.192. The van der Waals surface area contributed by atoms with Crippen molar-refractivity contribution in [2.75, 3.05) is 26.0 Å². The van der Waals surface area contributed by atoms with Gasteiger partial charge < -0.3 is 14.8 Å². The van der Waals surface area contributed by atoms with Crippen LogP contribution in [0.1, 0.15) is 4.88 Å². The van der Waals surface area contributed by atoms with E-state index < -0.39 is 0 Å². The third kappa shape index (κ3) is 3.81. The Hall–Kier alpha value is -3.75. The van der Waals surface area contributed by atoms with Crippen molar-refractivity contribution in [1.29, 1.82) is 0 Å². The molecule has 4 aromatic heterocycles.